The van der Waals surface area contributed by atoms with E-state index in [0.717, 1.165) is 30.2 Å². The predicted molar refractivity (Wildman–Crippen MR) is 68.0 cm³/mol. The molecular formula is C10H16BrN3OS. The molecule has 1 saturated carbocycles. The van der Waals surface area contributed by atoms with Gasteiger partial charge < -0.3 is 0 Å². The summed E-state index contributed by atoms with van der Waals surface area (Å²) in [5.74, 6) is 0. The fraction of sp³-hybridized carbons (Fsp3) is 0.700. The molecular weight excluding hydrogens is 290 g/mol. The summed E-state index contributed by atoms with van der Waals surface area (Å²) in [5, 5.41) is 4.29. The van der Waals surface area contributed by atoms with E-state index in [-0.39, 0.29) is 5.25 Å². The van der Waals surface area contributed by atoms with E-state index in [1.165, 1.54) is 0 Å². The Morgan fingerprint density at radius 3 is 2.94 bits per heavy atom. The Morgan fingerprint density at radius 1 is 1.62 bits per heavy atom. The molecule has 0 bridgehead atoms. The molecule has 1 aliphatic carbocycles. The number of aromatic nitrogens is 2. The number of nitrogens with one attached hydrogen (secondary N) is 1. The van der Waals surface area contributed by atoms with E-state index in [1.54, 1.807) is 12.5 Å². The second kappa shape index (κ2) is 4.49. The lowest BCUT2D eigenvalue weighted by Crippen LogP contribution is -2.28. The molecule has 0 spiro atoms. The highest BCUT2D eigenvalue weighted by atomic mass is 79.9. The quantitative estimate of drug-likeness (QED) is 0.913. The largest absolute Gasteiger partial charge is 0.268 e. The highest BCUT2D eigenvalue weighted by Gasteiger charge is 2.28. The third-order valence-corrected chi connectivity index (χ3v) is 5.29. The monoisotopic (exact) mass is 305 g/mol. The van der Waals surface area contributed by atoms with Crippen LogP contribution in [0.3, 0.4) is 0 Å². The Balaban J connectivity index is 2.13. The van der Waals surface area contributed by atoms with Crippen LogP contribution in [0.1, 0.15) is 31.7 Å². The summed E-state index contributed by atoms with van der Waals surface area (Å²) in [6, 6.07) is 0.302. The van der Waals surface area contributed by atoms with E-state index in [1.807, 2.05) is 10.9 Å². The van der Waals surface area contributed by atoms with Crippen molar-refractivity contribution in [3.05, 3.63) is 16.9 Å². The van der Waals surface area contributed by atoms with Crippen molar-refractivity contribution in [3.63, 3.8) is 0 Å². The highest BCUT2D eigenvalue weighted by Crippen LogP contribution is 2.32. The molecule has 0 unspecified atom stereocenters. The van der Waals surface area contributed by atoms with E-state index < -0.39 is 9.73 Å². The molecule has 0 radical (unpaired) electrons. The molecule has 0 aromatic carbocycles. The van der Waals surface area contributed by atoms with Gasteiger partial charge >= 0.3 is 0 Å². The van der Waals surface area contributed by atoms with Gasteiger partial charge in [0.05, 0.1) is 16.7 Å². The van der Waals surface area contributed by atoms with Gasteiger partial charge in [-0.1, -0.05) is 6.42 Å². The van der Waals surface area contributed by atoms with Crippen LogP contribution in [0, 0.1) is 4.78 Å². The van der Waals surface area contributed by atoms with Gasteiger partial charge in [0.1, 0.15) is 0 Å². The summed E-state index contributed by atoms with van der Waals surface area (Å²) < 4.78 is 22.3. The van der Waals surface area contributed by atoms with Crippen LogP contribution in [0.25, 0.3) is 0 Å². The van der Waals surface area contributed by atoms with Gasteiger partial charge in [0.15, 0.2) is 0 Å². The lowest BCUT2D eigenvalue weighted by atomic mass is 9.95. The molecule has 4 nitrogen and oxygen atoms in total. The van der Waals surface area contributed by atoms with Crippen molar-refractivity contribution < 1.29 is 4.21 Å². The van der Waals surface area contributed by atoms with Crippen molar-refractivity contribution in [1.29, 1.82) is 4.78 Å². The summed E-state index contributed by atoms with van der Waals surface area (Å²) in [7, 11) is -2.41. The maximum absolute atomic E-state index is 11.8. The molecule has 2 rings (SSSR count). The predicted octanol–water partition coefficient (Wildman–Crippen LogP) is 2.81. The van der Waals surface area contributed by atoms with Gasteiger partial charge in [0, 0.05) is 27.4 Å². The molecule has 0 saturated heterocycles. The van der Waals surface area contributed by atoms with Gasteiger partial charge in [-0.3, -0.25) is 9.46 Å². The smallest absolute Gasteiger partial charge is 0.0632 e. The van der Waals surface area contributed by atoms with E-state index >= 15 is 0 Å². The minimum absolute atomic E-state index is 0.0224. The van der Waals surface area contributed by atoms with Crippen molar-refractivity contribution in [2.75, 3.05) is 6.26 Å². The molecule has 1 aromatic rings. The van der Waals surface area contributed by atoms with Crippen LogP contribution in [0.4, 0.5) is 0 Å². The Kier molecular flexibility index (Phi) is 3.39. The number of hydrogen-bond donors (Lipinski definition) is 1. The van der Waals surface area contributed by atoms with Crippen LogP contribution in [0.15, 0.2) is 16.9 Å². The maximum Gasteiger partial charge on any atom is 0.0632 e. The lowest BCUT2D eigenvalue weighted by molar-refractivity contribution is 0.332. The topological polar surface area (TPSA) is 58.7 Å². The first-order valence-corrected chi connectivity index (χ1v) is 8.21. The third-order valence-electron chi connectivity index (χ3n) is 3.18. The SMILES string of the molecule is C[S@](=N)(=O)[C@H]1CCC[C@@H](n2cc(Br)cn2)C1. The fourth-order valence-corrected chi connectivity index (χ4v) is 3.79. The molecule has 0 aliphatic heterocycles. The molecule has 6 heteroatoms. The van der Waals surface area contributed by atoms with E-state index in [0.29, 0.717) is 6.04 Å². The number of nitrogens with zero attached hydrogens (tertiary/aromatic N) is 2. The third kappa shape index (κ3) is 2.66. The van der Waals surface area contributed by atoms with Gasteiger partial charge in [-0.15, -0.1) is 0 Å². The minimum atomic E-state index is -2.41. The summed E-state index contributed by atoms with van der Waals surface area (Å²) >= 11 is 3.38. The van der Waals surface area contributed by atoms with Gasteiger partial charge in [0.25, 0.3) is 0 Å². The zero-order valence-corrected chi connectivity index (χ0v) is 11.6. The van der Waals surface area contributed by atoms with Crippen molar-refractivity contribution in [1.82, 2.24) is 9.78 Å². The van der Waals surface area contributed by atoms with Crippen LogP contribution in [0.2, 0.25) is 0 Å². The van der Waals surface area contributed by atoms with Crippen LogP contribution >= 0.6 is 15.9 Å². The Labute approximate surface area is 105 Å². The maximum atomic E-state index is 11.8. The van der Waals surface area contributed by atoms with Gasteiger partial charge in [0.2, 0.25) is 0 Å². The zero-order chi connectivity index (χ0) is 11.8. The molecule has 0 amide bonds. The average Bonchev–Trinajstić information content (AvgIpc) is 2.64. The number of hydrogen-bond acceptors (Lipinski definition) is 3. The lowest BCUT2D eigenvalue weighted by Gasteiger charge is -2.29. The van der Waals surface area contributed by atoms with E-state index in [4.69, 9.17) is 4.78 Å². The van der Waals surface area contributed by atoms with E-state index in [2.05, 4.69) is 21.0 Å². The molecule has 1 aliphatic rings. The van der Waals surface area contributed by atoms with Crippen molar-refractivity contribution in [2.45, 2.75) is 37.0 Å². The summed E-state index contributed by atoms with van der Waals surface area (Å²) in [5.41, 5.74) is 0. The standard InChI is InChI=1S/C10H16BrN3OS/c1-16(12,15)10-4-2-3-9(5-10)14-7-8(11)6-13-14/h6-7,9-10,12H,2-5H2,1H3/t9-,10+,16+/m1/s1. The zero-order valence-electron chi connectivity index (χ0n) is 9.23. The number of halogens is 1. The first-order chi connectivity index (χ1) is 7.47. The van der Waals surface area contributed by atoms with Crippen molar-refractivity contribution in [3.8, 4) is 0 Å². The average molecular weight is 306 g/mol. The highest BCUT2D eigenvalue weighted by molar-refractivity contribution is 9.10. The second-order valence-corrected chi connectivity index (χ2v) is 7.88. The Bertz CT molecular complexity index is 468. The molecule has 1 aromatic heterocycles. The van der Waals surface area contributed by atoms with Crippen LogP contribution in [-0.4, -0.2) is 25.5 Å². The van der Waals surface area contributed by atoms with Gasteiger partial charge in [-0.2, -0.15) is 5.10 Å². The van der Waals surface area contributed by atoms with Crippen LogP contribution in [-0.2, 0) is 9.73 Å². The molecule has 3 atom stereocenters. The summed E-state index contributed by atoms with van der Waals surface area (Å²) in [6.07, 6.45) is 9.11. The van der Waals surface area contributed by atoms with E-state index in [9.17, 15) is 4.21 Å². The van der Waals surface area contributed by atoms with Gasteiger partial charge in [-0.05, 0) is 35.2 Å². The Hall–Kier alpha value is -0.360. The first kappa shape index (κ1) is 12.1. The first-order valence-electron chi connectivity index (χ1n) is 5.39. The summed E-state index contributed by atoms with van der Waals surface area (Å²) in [4.78, 5) is 0. The van der Waals surface area contributed by atoms with Crippen molar-refractivity contribution in [2.24, 2.45) is 0 Å². The molecule has 1 N–H and O–H groups in total. The van der Waals surface area contributed by atoms with Crippen LogP contribution < -0.4 is 0 Å². The molecule has 1 heterocycles. The molecule has 1 fully saturated rings. The van der Waals surface area contributed by atoms with Crippen LogP contribution in [0.5, 0.6) is 0 Å². The number of rotatable bonds is 2. The molecule has 90 valence electrons. The minimum Gasteiger partial charge on any atom is -0.268 e. The van der Waals surface area contributed by atoms with Crippen molar-refractivity contribution >= 4 is 25.7 Å². The fourth-order valence-electron chi connectivity index (χ4n) is 2.28. The Morgan fingerprint density at radius 2 is 2.38 bits per heavy atom. The second-order valence-electron chi connectivity index (χ2n) is 4.48. The normalized spacial score (nSPS) is 29.9. The molecule has 16 heavy (non-hydrogen) atoms. The summed E-state index contributed by atoms with van der Waals surface area (Å²) in [6.45, 7) is 0. The van der Waals surface area contributed by atoms with Gasteiger partial charge in [-0.25, -0.2) is 4.21 Å².